The van der Waals surface area contributed by atoms with Crippen LogP contribution in [0.25, 0.3) is 10.9 Å². The van der Waals surface area contributed by atoms with Gasteiger partial charge in [-0.2, -0.15) is 0 Å². The third-order valence-electron chi connectivity index (χ3n) is 6.61. The standard InChI is InChI=1S/C27H30N2O4S/c1-17(30)34-16-23(22-12-7-9-18-8-3-4-10-20(18)22)26(31)29-25(27(32)33-2)14-19-15-28-24-13-6-5-11-21(19)24/h3-6,8,10-11,13,15,22-23,25,28H,7,9,12,14,16H2,1-2H3,(H,29,31). The number of amides is 1. The molecule has 1 heterocycles. The van der Waals surface area contributed by atoms with Crippen LogP contribution in [0, 0.1) is 5.92 Å². The molecular weight excluding hydrogens is 448 g/mol. The third kappa shape index (κ3) is 5.36. The van der Waals surface area contributed by atoms with Crippen LogP contribution in [0.1, 0.15) is 42.4 Å². The van der Waals surface area contributed by atoms with Crippen molar-refractivity contribution in [2.75, 3.05) is 12.9 Å². The molecule has 1 amide bonds. The first kappa shape index (κ1) is 24.1. The van der Waals surface area contributed by atoms with Crippen molar-refractivity contribution < 1.29 is 19.1 Å². The molecule has 0 bridgehead atoms. The van der Waals surface area contributed by atoms with Crippen LogP contribution in [-0.2, 0) is 32.0 Å². The number of benzene rings is 2. The second kappa shape index (κ2) is 10.9. The van der Waals surface area contributed by atoms with E-state index in [1.165, 1.54) is 25.2 Å². The molecule has 1 aliphatic rings. The molecule has 0 radical (unpaired) electrons. The predicted molar refractivity (Wildman–Crippen MR) is 135 cm³/mol. The Bertz CT molecular complexity index is 1190. The van der Waals surface area contributed by atoms with E-state index in [-0.39, 0.29) is 16.9 Å². The van der Waals surface area contributed by atoms with Gasteiger partial charge in [0.2, 0.25) is 5.91 Å². The number of carbonyl (C=O) groups is 3. The first-order chi connectivity index (χ1) is 16.5. The van der Waals surface area contributed by atoms with Crippen LogP contribution in [0.3, 0.4) is 0 Å². The van der Waals surface area contributed by atoms with Crippen LogP contribution in [0.4, 0.5) is 0 Å². The molecule has 0 saturated carbocycles. The summed E-state index contributed by atoms with van der Waals surface area (Å²) < 4.78 is 5.03. The monoisotopic (exact) mass is 478 g/mol. The second-order valence-electron chi connectivity index (χ2n) is 8.75. The van der Waals surface area contributed by atoms with E-state index >= 15 is 0 Å². The van der Waals surface area contributed by atoms with Crippen LogP contribution >= 0.6 is 11.8 Å². The number of aromatic nitrogens is 1. The van der Waals surface area contributed by atoms with Crippen molar-refractivity contribution in [1.82, 2.24) is 10.3 Å². The van der Waals surface area contributed by atoms with Gasteiger partial charge in [0.1, 0.15) is 6.04 Å². The summed E-state index contributed by atoms with van der Waals surface area (Å²) >= 11 is 1.16. The zero-order valence-corrected chi connectivity index (χ0v) is 20.3. The highest BCUT2D eigenvalue weighted by Gasteiger charge is 2.35. The van der Waals surface area contributed by atoms with E-state index in [1.54, 1.807) is 0 Å². The van der Waals surface area contributed by atoms with Crippen molar-refractivity contribution in [2.24, 2.45) is 5.92 Å². The van der Waals surface area contributed by atoms with Gasteiger partial charge in [0, 0.05) is 36.2 Å². The molecule has 178 valence electrons. The maximum Gasteiger partial charge on any atom is 0.328 e. The minimum Gasteiger partial charge on any atom is -0.467 e. The molecular formula is C27H30N2O4S. The number of esters is 1. The van der Waals surface area contributed by atoms with Gasteiger partial charge in [0.05, 0.1) is 13.0 Å². The number of rotatable bonds is 8. The molecule has 1 aliphatic carbocycles. The van der Waals surface area contributed by atoms with Crippen molar-refractivity contribution in [3.63, 3.8) is 0 Å². The van der Waals surface area contributed by atoms with E-state index in [2.05, 4.69) is 22.4 Å². The molecule has 0 aliphatic heterocycles. The van der Waals surface area contributed by atoms with E-state index in [4.69, 9.17) is 4.74 Å². The fraction of sp³-hybridized carbons (Fsp3) is 0.370. The van der Waals surface area contributed by atoms with E-state index in [9.17, 15) is 14.4 Å². The van der Waals surface area contributed by atoms with Crippen molar-refractivity contribution in [3.05, 3.63) is 71.4 Å². The number of hydrogen-bond acceptors (Lipinski definition) is 5. The molecule has 0 fully saturated rings. The number of carbonyl (C=O) groups excluding carboxylic acids is 3. The Morgan fingerprint density at radius 3 is 2.71 bits per heavy atom. The second-order valence-corrected chi connectivity index (χ2v) is 9.95. The summed E-state index contributed by atoms with van der Waals surface area (Å²) in [6.07, 6.45) is 5.04. The van der Waals surface area contributed by atoms with Gasteiger partial charge in [-0.3, -0.25) is 9.59 Å². The Morgan fingerprint density at radius 1 is 1.15 bits per heavy atom. The summed E-state index contributed by atoms with van der Waals surface area (Å²) in [5.41, 5.74) is 4.34. The summed E-state index contributed by atoms with van der Waals surface area (Å²) in [5, 5.41) is 3.96. The molecule has 6 nitrogen and oxygen atoms in total. The van der Waals surface area contributed by atoms with Crippen molar-refractivity contribution >= 4 is 39.7 Å². The Kier molecular flexibility index (Phi) is 7.73. The van der Waals surface area contributed by atoms with Crippen LogP contribution in [0.5, 0.6) is 0 Å². The first-order valence-electron chi connectivity index (χ1n) is 11.6. The van der Waals surface area contributed by atoms with Gasteiger partial charge in [-0.25, -0.2) is 4.79 Å². The summed E-state index contributed by atoms with van der Waals surface area (Å²) in [5.74, 6) is -0.749. The van der Waals surface area contributed by atoms with Gasteiger partial charge in [-0.1, -0.05) is 54.2 Å². The van der Waals surface area contributed by atoms with Gasteiger partial charge in [0.15, 0.2) is 5.12 Å². The number of para-hydroxylation sites is 1. The summed E-state index contributed by atoms with van der Waals surface area (Å²) in [6, 6.07) is 15.3. The van der Waals surface area contributed by atoms with Gasteiger partial charge in [-0.05, 0) is 47.9 Å². The number of aryl methyl sites for hydroxylation is 1. The molecule has 0 spiro atoms. The molecule has 3 atom stereocenters. The minimum absolute atomic E-state index is 0.00295. The maximum absolute atomic E-state index is 13.6. The lowest BCUT2D eigenvalue weighted by Gasteiger charge is -2.32. The van der Waals surface area contributed by atoms with Gasteiger partial charge in [-0.15, -0.1) is 0 Å². The first-order valence-corrected chi connectivity index (χ1v) is 12.6. The summed E-state index contributed by atoms with van der Waals surface area (Å²) in [6.45, 7) is 1.52. The Labute approximate surface area is 203 Å². The number of hydrogen-bond donors (Lipinski definition) is 2. The lowest BCUT2D eigenvalue weighted by molar-refractivity contribution is -0.145. The Balaban J connectivity index is 1.59. The number of methoxy groups -OCH3 is 1. The number of ether oxygens (including phenoxy) is 1. The van der Waals surface area contributed by atoms with Crippen LogP contribution in [0.15, 0.2) is 54.7 Å². The fourth-order valence-corrected chi connectivity index (χ4v) is 5.72. The Hall–Kier alpha value is -3.06. The Morgan fingerprint density at radius 2 is 1.91 bits per heavy atom. The van der Waals surface area contributed by atoms with Crippen molar-refractivity contribution in [1.29, 1.82) is 0 Å². The highest BCUT2D eigenvalue weighted by atomic mass is 32.2. The summed E-state index contributed by atoms with van der Waals surface area (Å²) in [4.78, 5) is 41.3. The topological polar surface area (TPSA) is 88.3 Å². The molecule has 2 N–H and O–H groups in total. The van der Waals surface area contributed by atoms with Gasteiger partial charge < -0.3 is 15.0 Å². The number of fused-ring (bicyclic) bond motifs is 2. The van der Waals surface area contributed by atoms with Crippen molar-refractivity contribution in [3.8, 4) is 0 Å². The average Bonchev–Trinajstić information content (AvgIpc) is 3.26. The lowest BCUT2D eigenvalue weighted by atomic mass is 9.76. The van der Waals surface area contributed by atoms with Crippen molar-refractivity contribution in [2.45, 2.75) is 44.6 Å². The van der Waals surface area contributed by atoms with Gasteiger partial charge >= 0.3 is 5.97 Å². The molecule has 7 heteroatoms. The molecule has 4 rings (SSSR count). The normalized spacial score (nSPS) is 16.9. The van der Waals surface area contributed by atoms with E-state index in [0.717, 1.165) is 47.5 Å². The fourth-order valence-electron chi connectivity index (χ4n) is 4.93. The van der Waals surface area contributed by atoms with E-state index < -0.39 is 17.9 Å². The third-order valence-corrected chi connectivity index (χ3v) is 7.54. The zero-order valence-electron chi connectivity index (χ0n) is 19.5. The molecule has 3 unspecified atom stereocenters. The quantitative estimate of drug-likeness (QED) is 0.469. The average molecular weight is 479 g/mol. The summed E-state index contributed by atoms with van der Waals surface area (Å²) in [7, 11) is 1.33. The van der Waals surface area contributed by atoms with E-state index in [0.29, 0.717) is 12.2 Å². The van der Waals surface area contributed by atoms with Crippen LogP contribution in [0.2, 0.25) is 0 Å². The number of thioether (sulfide) groups is 1. The number of H-pyrrole nitrogens is 1. The highest BCUT2D eigenvalue weighted by molar-refractivity contribution is 8.13. The maximum atomic E-state index is 13.6. The zero-order chi connectivity index (χ0) is 24.1. The number of nitrogens with one attached hydrogen (secondary N) is 2. The minimum atomic E-state index is -0.819. The highest BCUT2D eigenvalue weighted by Crippen LogP contribution is 2.38. The predicted octanol–water partition coefficient (Wildman–Crippen LogP) is 4.38. The lowest BCUT2D eigenvalue weighted by Crippen LogP contribution is -2.47. The van der Waals surface area contributed by atoms with E-state index in [1.807, 2.05) is 42.6 Å². The molecule has 0 saturated heterocycles. The van der Waals surface area contributed by atoms with Gasteiger partial charge in [0.25, 0.3) is 0 Å². The molecule has 2 aromatic carbocycles. The molecule has 1 aromatic heterocycles. The SMILES string of the molecule is COC(=O)C(Cc1c[nH]c2ccccc12)NC(=O)C(CSC(C)=O)C1CCCc2ccccc21. The van der Waals surface area contributed by atoms with Crippen LogP contribution < -0.4 is 5.32 Å². The number of aromatic amines is 1. The molecule has 3 aromatic rings. The molecule has 34 heavy (non-hydrogen) atoms. The largest absolute Gasteiger partial charge is 0.467 e. The van der Waals surface area contributed by atoms with Crippen LogP contribution in [-0.4, -0.2) is 40.9 Å². The smallest absolute Gasteiger partial charge is 0.328 e.